The highest BCUT2D eigenvalue weighted by molar-refractivity contribution is 7.13. The number of hydrogen-bond donors (Lipinski definition) is 0. The number of fused-ring (bicyclic) bond motifs is 1. The standard InChI is InChI=1S/C18H17ClF2N4OS/c19-18(20,21)15-10-12(14-6-5-9-27-14)22-16-11-13(23-25(15)16)17(26)24-7-3-1-2-4-8-24/h5-6,9-11H,1-4,7-8H2. The SMILES string of the molecule is O=C(c1cc2nc(-c3cccs3)cc(C(F)(F)Cl)n2n1)N1CCCCCC1. The molecule has 142 valence electrons. The van der Waals surface area contributed by atoms with Crippen LogP contribution >= 0.6 is 22.9 Å². The third kappa shape index (κ3) is 3.68. The topological polar surface area (TPSA) is 50.5 Å². The number of amides is 1. The molecule has 9 heteroatoms. The lowest BCUT2D eigenvalue weighted by molar-refractivity contribution is 0.0750. The molecule has 1 aliphatic heterocycles. The Bertz CT molecular complexity index is 960. The molecule has 0 saturated carbocycles. The molecule has 1 saturated heterocycles. The van der Waals surface area contributed by atoms with Crippen molar-refractivity contribution in [2.75, 3.05) is 13.1 Å². The van der Waals surface area contributed by atoms with Crippen molar-refractivity contribution in [1.29, 1.82) is 0 Å². The van der Waals surface area contributed by atoms with Crippen LogP contribution < -0.4 is 0 Å². The van der Waals surface area contributed by atoms with E-state index >= 15 is 0 Å². The van der Waals surface area contributed by atoms with Gasteiger partial charge in [0.25, 0.3) is 5.91 Å². The summed E-state index contributed by atoms with van der Waals surface area (Å²) in [5.41, 5.74) is 0.151. The third-order valence-corrected chi connectivity index (χ3v) is 5.69. The van der Waals surface area contributed by atoms with Crippen LogP contribution in [0.3, 0.4) is 0 Å². The molecule has 1 fully saturated rings. The number of aromatic nitrogens is 3. The van der Waals surface area contributed by atoms with Gasteiger partial charge in [0.15, 0.2) is 11.3 Å². The fourth-order valence-corrected chi connectivity index (χ4v) is 4.09. The lowest BCUT2D eigenvalue weighted by Gasteiger charge is -2.18. The number of carbonyl (C=O) groups is 1. The van der Waals surface area contributed by atoms with Gasteiger partial charge in [0.1, 0.15) is 5.69 Å². The summed E-state index contributed by atoms with van der Waals surface area (Å²) in [6.07, 6.45) is 4.04. The average Bonchev–Trinajstić information content (AvgIpc) is 3.23. The van der Waals surface area contributed by atoms with E-state index in [0.29, 0.717) is 18.8 Å². The molecule has 3 aromatic rings. The van der Waals surface area contributed by atoms with E-state index in [1.807, 2.05) is 11.4 Å². The van der Waals surface area contributed by atoms with Crippen LogP contribution in [0.25, 0.3) is 16.2 Å². The highest BCUT2D eigenvalue weighted by Crippen LogP contribution is 2.35. The summed E-state index contributed by atoms with van der Waals surface area (Å²) in [5, 5.41) is 2.31. The zero-order chi connectivity index (χ0) is 19.0. The molecule has 0 bridgehead atoms. The van der Waals surface area contributed by atoms with Crippen molar-refractivity contribution >= 4 is 34.5 Å². The molecule has 5 nitrogen and oxygen atoms in total. The van der Waals surface area contributed by atoms with Gasteiger partial charge in [-0.25, -0.2) is 9.50 Å². The lowest BCUT2D eigenvalue weighted by atomic mass is 10.2. The van der Waals surface area contributed by atoms with E-state index in [2.05, 4.69) is 10.1 Å². The first-order valence-corrected chi connectivity index (χ1v) is 10.0. The van der Waals surface area contributed by atoms with E-state index in [0.717, 1.165) is 35.1 Å². The minimum absolute atomic E-state index is 0.106. The number of carbonyl (C=O) groups excluding carboxylic acids is 1. The van der Waals surface area contributed by atoms with E-state index in [1.54, 1.807) is 11.0 Å². The van der Waals surface area contributed by atoms with Gasteiger partial charge in [-0.05, 0) is 42.0 Å². The van der Waals surface area contributed by atoms with Crippen molar-refractivity contribution in [2.24, 2.45) is 0 Å². The molecule has 1 amide bonds. The maximum atomic E-state index is 14.0. The minimum Gasteiger partial charge on any atom is -0.337 e. The Morgan fingerprint density at radius 1 is 1.19 bits per heavy atom. The number of rotatable bonds is 3. The Balaban J connectivity index is 1.79. The lowest BCUT2D eigenvalue weighted by Crippen LogP contribution is -2.32. The monoisotopic (exact) mass is 410 g/mol. The summed E-state index contributed by atoms with van der Waals surface area (Å²) in [5.74, 6) is -0.260. The van der Waals surface area contributed by atoms with Gasteiger partial charge in [-0.3, -0.25) is 4.79 Å². The number of alkyl halides is 3. The Morgan fingerprint density at radius 3 is 2.56 bits per heavy atom. The number of nitrogens with zero attached hydrogens (tertiary/aromatic N) is 4. The Hall–Kier alpha value is -2.06. The summed E-state index contributed by atoms with van der Waals surface area (Å²) < 4.78 is 29.0. The van der Waals surface area contributed by atoms with Crippen LogP contribution in [-0.4, -0.2) is 38.5 Å². The van der Waals surface area contributed by atoms with Crippen LogP contribution in [0.4, 0.5) is 8.78 Å². The van der Waals surface area contributed by atoms with Crippen LogP contribution in [0, 0.1) is 0 Å². The highest BCUT2D eigenvalue weighted by Gasteiger charge is 2.33. The number of hydrogen-bond acceptors (Lipinski definition) is 4. The van der Waals surface area contributed by atoms with E-state index < -0.39 is 11.1 Å². The zero-order valence-corrected chi connectivity index (χ0v) is 15.9. The molecule has 27 heavy (non-hydrogen) atoms. The molecule has 0 radical (unpaired) electrons. The Morgan fingerprint density at radius 2 is 1.93 bits per heavy atom. The summed E-state index contributed by atoms with van der Waals surface area (Å²) in [6, 6.07) is 6.28. The predicted octanol–water partition coefficient (Wildman–Crippen LogP) is 4.76. The van der Waals surface area contributed by atoms with Gasteiger partial charge in [-0.1, -0.05) is 18.9 Å². The van der Waals surface area contributed by atoms with Gasteiger partial charge in [0.05, 0.1) is 10.6 Å². The summed E-state index contributed by atoms with van der Waals surface area (Å²) in [4.78, 5) is 19.7. The molecular weight excluding hydrogens is 394 g/mol. The first-order chi connectivity index (χ1) is 12.9. The largest absolute Gasteiger partial charge is 0.364 e. The average molecular weight is 411 g/mol. The van der Waals surface area contributed by atoms with E-state index in [4.69, 9.17) is 11.6 Å². The van der Waals surface area contributed by atoms with Gasteiger partial charge in [-0.2, -0.15) is 13.9 Å². The fraction of sp³-hybridized carbons (Fsp3) is 0.389. The smallest absolute Gasteiger partial charge is 0.337 e. The predicted molar refractivity (Wildman–Crippen MR) is 100 cm³/mol. The van der Waals surface area contributed by atoms with E-state index in [-0.39, 0.29) is 17.2 Å². The molecule has 0 spiro atoms. The van der Waals surface area contributed by atoms with Crippen molar-refractivity contribution < 1.29 is 13.6 Å². The van der Waals surface area contributed by atoms with Crippen molar-refractivity contribution in [3.8, 4) is 10.6 Å². The van der Waals surface area contributed by atoms with E-state index in [9.17, 15) is 13.6 Å². The van der Waals surface area contributed by atoms with Gasteiger partial charge in [-0.15, -0.1) is 11.3 Å². The highest BCUT2D eigenvalue weighted by atomic mass is 35.5. The molecule has 0 unspecified atom stereocenters. The second kappa shape index (κ2) is 7.16. The molecule has 4 heterocycles. The molecule has 0 aromatic carbocycles. The van der Waals surface area contributed by atoms with Crippen molar-refractivity contribution in [1.82, 2.24) is 19.5 Å². The fourth-order valence-electron chi connectivity index (χ4n) is 3.27. The van der Waals surface area contributed by atoms with Crippen molar-refractivity contribution in [3.05, 3.63) is 41.0 Å². The van der Waals surface area contributed by atoms with Crippen molar-refractivity contribution in [3.63, 3.8) is 0 Å². The number of thiophene rings is 1. The second-order valence-electron chi connectivity index (χ2n) is 6.51. The van der Waals surface area contributed by atoms with Crippen LogP contribution in [0.15, 0.2) is 29.6 Å². The van der Waals surface area contributed by atoms with Crippen LogP contribution in [0.5, 0.6) is 0 Å². The van der Waals surface area contributed by atoms with Crippen molar-refractivity contribution in [2.45, 2.75) is 31.1 Å². The molecule has 0 aliphatic carbocycles. The maximum Gasteiger partial charge on any atom is 0.364 e. The second-order valence-corrected chi connectivity index (χ2v) is 7.93. The summed E-state index contributed by atoms with van der Waals surface area (Å²) >= 11 is 6.70. The van der Waals surface area contributed by atoms with E-state index in [1.165, 1.54) is 23.5 Å². The Kier molecular flexibility index (Phi) is 4.86. The molecule has 4 rings (SSSR count). The first kappa shape index (κ1) is 18.3. The quantitative estimate of drug-likeness (QED) is 0.585. The minimum atomic E-state index is -3.64. The van der Waals surface area contributed by atoms with Gasteiger partial charge in [0.2, 0.25) is 0 Å². The normalized spacial score (nSPS) is 15.9. The van der Waals surface area contributed by atoms with Gasteiger partial charge in [0, 0.05) is 19.2 Å². The number of halogens is 3. The van der Waals surface area contributed by atoms with Crippen LogP contribution in [0.1, 0.15) is 41.9 Å². The summed E-state index contributed by atoms with van der Waals surface area (Å²) in [6.45, 7) is 1.30. The zero-order valence-electron chi connectivity index (χ0n) is 14.4. The summed E-state index contributed by atoms with van der Waals surface area (Å²) in [7, 11) is 0. The molecule has 0 N–H and O–H groups in total. The Labute approximate surface area is 163 Å². The maximum absolute atomic E-state index is 14.0. The van der Waals surface area contributed by atoms with Gasteiger partial charge < -0.3 is 4.90 Å². The third-order valence-electron chi connectivity index (χ3n) is 4.60. The molecule has 3 aromatic heterocycles. The molecule has 1 aliphatic rings. The van der Waals surface area contributed by atoms with Crippen LogP contribution in [0.2, 0.25) is 0 Å². The molecular formula is C18H17ClF2N4OS. The first-order valence-electron chi connectivity index (χ1n) is 8.75. The van der Waals surface area contributed by atoms with Gasteiger partial charge >= 0.3 is 5.38 Å². The van der Waals surface area contributed by atoms with Crippen LogP contribution in [-0.2, 0) is 5.38 Å². The number of likely N-dealkylation sites (tertiary alicyclic amines) is 1. The molecule has 0 atom stereocenters.